The average molecular weight is 259 g/mol. The predicted molar refractivity (Wildman–Crippen MR) is 60.4 cm³/mol. The molecule has 17 heavy (non-hydrogen) atoms. The minimum absolute atomic E-state index is 0.0613. The molecule has 0 amide bonds. The van der Waals surface area contributed by atoms with Crippen molar-refractivity contribution >= 4 is 10.4 Å². The van der Waals surface area contributed by atoms with E-state index in [0.717, 1.165) is 6.42 Å². The Labute approximate surface area is 99.5 Å². The van der Waals surface area contributed by atoms with E-state index in [0.29, 0.717) is 5.56 Å². The normalized spacial score (nSPS) is 18.0. The van der Waals surface area contributed by atoms with Crippen molar-refractivity contribution in [3.8, 4) is 17.2 Å². The van der Waals surface area contributed by atoms with E-state index >= 15 is 0 Å². The van der Waals surface area contributed by atoms with E-state index in [9.17, 15) is 13.5 Å². The summed E-state index contributed by atoms with van der Waals surface area (Å²) < 4.78 is 31.7. The van der Waals surface area contributed by atoms with E-state index in [-0.39, 0.29) is 23.3 Å². The Bertz CT molecular complexity index is 536. The Hall–Kier alpha value is -1.47. The number of rotatable bonds is 3. The summed E-state index contributed by atoms with van der Waals surface area (Å²) in [7, 11) is -2.33. The number of phenols is 1. The summed E-state index contributed by atoms with van der Waals surface area (Å²) in [6.07, 6.45) is 0.747. The number of fused-ring (bicyclic) bond motifs is 1. The van der Waals surface area contributed by atoms with Gasteiger partial charge in [0.05, 0.1) is 0 Å². The Balaban J connectivity index is 2.56. The van der Waals surface area contributed by atoms with Gasteiger partial charge in [-0.15, -0.1) is 8.42 Å². The van der Waals surface area contributed by atoms with Crippen molar-refractivity contribution in [1.29, 1.82) is 0 Å². The van der Waals surface area contributed by atoms with Crippen molar-refractivity contribution in [3.05, 3.63) is 17.7 Å². The molecule has 94 valence electrons. The van der Waals surface area contributed by atoms with Crippen LogP contribution in [-0.4, -0.2) is 20.6 Å². The third-order valence-corrected chi connectivity index (χ3v) is 3.37. The van der Waals surface area contributed by atoms with E-state index in [2.05, 4.69) is 9.50 Å². The Morgan fingerprint density at radius 3 is 2.59 bits per heavy atom. The second-order valence-corrected chi connectivity index (χ2v) is 4.81. The second-order valence-electron chi connectivity index (χ2n) is 3.66. The van der Waals surface area contributed by atoms with Gasteiger partial charge in [0.25, 0.3) is 0 Å². The van der Waals surface area contributed by atoms with Gasteiger partial charge in [-0.2, -0.15) is 0 Å². The summed E-state index contributed by atoms with van der Waals surface area (Å²) >= 11 is 0. The van der Waals surface area contributed by atoms with E-state index in [1.165, 1.54) is 6.07 Å². The van der Waals surface area contributed by atoms with E-state index in [1.807, 2.05) is 6.92 Å². The Morgan fingerprint density at radius 2 is 2.00 bits per heavy atom. The zero-order chi connectivity index (χ0) is 12.6. The fourth-order valence-electron chi connectivity index (χ4n) is 1.81. The van der Waals surface area contributed by atoms with Crippen LogP contribution < -0.4 is 13.7 Å². The molecule has 1 aliphatic rings. The minimum atomic E-state index is -4.09. The van der Waals surface area contributed by atoms with Gasteiger partial charge in [-0.3, -0.25) is 0 Å². The highest BCUT2D eigenvalue weighted by atomic mass is 32.3. The standard InChI is InChI=1S/C10H13NO5S/c1-3-7(11-2)6-4-5-8(12)10-9(6)15-17(13,14)16-10/h4-5,7,11-12H,3H2,1-2H3. The molecular formula is C10H13NO5S. The smallest absolute Gasteiger partial charge is 0.501 e. The third-order valence-electron chi connectivity index (χ3n) is 2.62. The maximum atomic E-state index is 11.2. The summed E-state index contributed by atoms with van der Waals surface area (Å²) in [4.78, 5) is 0. The molecule has 0 radical (unpaired) electrons. The number of benzene rings is 1. The Morgan fingerprint density at radius 1 is 1.35 bits per heavy atom. The molecule has 1 unspecified atom stereocenters. The lowest BCUT2D eigenvalue weighted by atomic mass is 10.0. The first-order valence-corrected chi connectivity index (χ1v) is 6.49. The molecule has 2 N–H and O–H groups in total. The largest absolute Gasteiger partial charge is 0.504 e. The zero-order valence-electron chi connectivity index (χ0n) is 9.43. The minimum Gasteiger partial charge on any atom is -0.504 e. The van der Waals surface area contributed by atoms with Crippen LogP contribution in [-0.2, 0) is 10.4 Å². The van der Waals surface area contributed by atoms with E-state index < -0.39 is 10.4 Å². The van der Waals surface area contributed by atoms with E-state index in [4.69, 9.17) is 4.18 Å². The number of aromatic hydroxyl groups is 1. The van der Waals surface area contributed by atoms with Gasteiger partial charge >= 0.3 is 10.4 Å². The molecular weight excluding hydrogens is 246 g/mol. The molecule has 1 atom stereocenters. The molecule has 1 aromatic rings. The second kappa shape index (κ2) is 4.08. The van der Waals surface area contributed by atoms with Crippen LogP contribution >= 0.6 is 0 Å². The first-order chi connectivity index (χ1) is 7.98. The van der Waals surface area contributed by atoms with Crippen LogP contribution in [0.5, 0.6) is 17.2 Å². The molecule has 1 aromatic carbocycles. The molecule has 0 aliphatic carbocycles. The van der Waals surface area contributed by atoms with Crippen molar-refractivity contribution in [2.24, 2.45) is 0 Å². The summed E-state index contributed by atoms with van der Waals surface area (Å²) in [6, 6.07) is 2.93. The maximum absolute atomic E-state index is 11.2. The van der Waals surface area contributed by atoms with Crippen LogP contribution in [0.1, 0.15) is 24.9 Å². The molecule has 0 fully saturated rings. The maximum Gasteiger partial charge on any atom is 0.501 e. The van der Waals surface area contributed by atoms with Crippen molar-refractivity contribution < 1.29 is 21.9 Å². The summed E-state index contributed by atoms with van der Waals surface area (Å²) in [5, 5.41) is 12.6. The molecule has 0 saturated heterocycles. The number of nitrogens with one attached hydrogen (secondary N) is 1. The van der Waals surface area contributed by atoms with Crippen molar-refractivity contribution in [3.63, 3.8) is 0 Å². The highest BCUT2D eigenvalue weighted by Gasteiger charge is 2.35. The van der Waals surface area contributed by atoms with Crippen LogP contribution in [0, 0.1) is 0 Å². The fraction of sp³-hybridized carbons (Fsp3) is 0.400. The molecule has 1 aliphatic heterocycles. The topological polar surface area (TPSA) is 84.9 Å². The SMILES string of the molecule is CCC(NC)c1ccc(O)c2c1OS(=O)(=O)O2. The highest BCUT2D eigenvalue weighted by molar-refractivity contribution is 7.82. The number of phenolic OH excluding ortho intramolecular Hbond substituents is 1. The molecule has 6 nitrogen and oxygen atoms in total. The van der Waals surface area contributed by atoms with Gasteiger partial charge in [0.2, 0.25) is 5.75 Å². The molecule has 0 saturated carbocycles. The summed E-state index contributed by atoms with van der Waals surface area (Å²) in [5.41, 5.74) is 0.642. The fourth-order valence-corrected chi connectivity index (χ4v) is 2.58. The number of hydrogen-bond acceptors (Lipinski definition) is 6. The highest BCUT2D eigenvalue weighted by Crippen LogP contribution is 2.47. The first kappa shape index (κ1) is 12.0. The number of hydrogen-bond donors (Lipinski definition) is 2. The van der Waals surface area contributed by atoms with Gasteiger partial charge in [-0.05, 0) is 25.6 Å². The average Bonchev–Trinajstić information content (AvgIpc) is 2.59. The Kier molecular flexibility index (Phi) is 2.88. The van der Waals surface area contributed by atoms with Gasteiger partial charge in [0.15, 0.2) is 11.5 Å². The van der Waals surface area contributed by atoms with Crippen molar-refractivity contribution in [2.75, 3.05) is 7.05 Å². The molecule has 0 aromatic heterocycles. The van der Waals surface area contributed by atoms with Gasteiger partial charge in [-0.25, -0.2) is 0 Å². The van der Waals surface area contributed by atoms with Crippen LogP contribution in [0.2, 0.25) is 0 Å². The summed E-state index contributed by atoms with van der Waals surface area (Å²) in [6.45, 7) is 1.95. The van der Waals surface area contributed by atoms with Crippen molar-refractivity contribution in [1.82, 2.24) is 5.32 Å². The van der Waals surface area contributed by atoms with Crippen LogP contribution in [0.4, 0.5) is 0 Å². The lowest BCUT2D eigenvalue weighted by Gasteiger charge is -2.15. The van der Waals surface area contributed by atoms with Crippen LogP contribution in [0.25, 0.3) is 0 Å². The van der Waals surface area contributed by atoms with Crippen LogP contribution in [0.3, 0.4) is 0 Å². The monoisotopic (exact) mass is 259 g/mol. The molecule has 1 heterocycles. The van der Waals surface area contributed by atoms with Gasteiger partial charge in [0.1, 0.15) is 0 Å². The molecule has 0 bridgehead atoms. The molecule has 0 spiro atoms. The van der Waals surface area contributed by atoms with Gasteiger partial charge in [0, 0.05) is 11.6 Å². The lowest BCUT2D eigenvalue weighted by molar-refractivity contribution is 0.419. The van der Waals surface area contributed by atoms with Crippen LogP contribution in [0.15, 0.2) is 12.1 Å². The van der Waals surface area contributed by atoms with Crippen molar-refractivity contribution in [2.45, 2.75) is 19.4 Å². The molecule has 7 heteroatoms. The third kappa shape index (κ3) is 2.03. The first-order valence-electron chi connectivity index (χ1n) is 5.15. The predicted octanol–water partition coefficient (Wildman–Crippen LogP) is 1.08. The zero-order valence-corrected chi connectivity index (χ0v) is 10.2. The lowest BCUT2D eigenvalue weighted by Crippen LogP contribution is -2.16. The quantitative estimate of drug-likeness (QED) is 0.845. The van der Waals surface area contributed by atoms with E-state index in [1.54, 1.807) is 13.1 Å². The summed E-state index contributed by atoms with van der Waals surface area (Å²) in [5.74, 6) is -0.335. The van der Waals surface area contributed by atoms with Gasteiger partial charge in [-0.1, -0.05) is 6.92 Å². The van der Waals surface area contributed by atoms with Gasteiger partial charge < -0.3 is 18.8 Å². The molecule has 2 rings (SSSR count).